The van der Waals surface area contributed by atoms with Gasteiger partial charge in [-0.25, -0.2) is 9.97 Å². The van der Waals surface area contributed by atoms with Crippen LogP contribution in [0.2, 0.25) is 0 Å². The van der Waals surface area contributed by atoms with Gasteiger partial charge in [-0.2, -0.15) is 0 Å². The SMILES string of the molecule is CC=CC(=O)Nc1ccnc(-c2nccc3cnc(Nc4ccc(N5CCOCC5)cc4)nc23)c1. The second-order valence-corrected chi connectivity index (χ2v) is 7.98. The summed E-state index contributed by atoms with van der Waals surface area (Å²) in [7, 11) is 0. The van der Waals surface area contributed by atoms with Gasteiger partial charge in [-0.3, -0.25) is 14.8 Å². The summed E-state index contributed by atoms with van der Waals surface area (Å²) in [6.45, 7) is 5.08. The molecule has 1 fully saturated rings. The topological polar surface area (TPSA) is 105 Å². The molecule has 5 rings (SSSR count). The fourth-order valence-corrected chi connectivity index (χ4v) is 3.88. The number of allylic oxidation sites excluding steroid dienone is 1. The van der Waals surface area contributed by atoms with E-state index in [0.29, 0.717) is 28.5 Å². The van der Waals surface area contributed by atoms with Gasteiger partial charge in [-0.05, 0) is 55.5 Å². The molecule has 0 atom stereocenters. The molecule has 1 saturated heterocycles. The number of nitrogens with one attached hydrogen (secondary N) is 2. The second-order valence-electron chi connectivity index (χ2n) is 7.98. The number of amides is 1. The van der Waals surface area contributed by atoms with E-state index in [9.17, 15) is 4.79 Å². The van der Waals surface area contributed by atoms with Crippen molar-refractivity contribution in [2.24, 2.45) is 0 Å². The molecule has 4 aromatic rings. The zero-order valence-electron chi connectivity index (χ0n) is 19.3. The summed E-state index contributed by atoms with van der Waals surface area (Å²) in [5.74, 6) is 0.257. The van der Waals surface area contributed by atoms with Crippen molar-refractivity contribution in [3.8, 4) is 11.4 Å². The number of carbonyl (C=O) groups excluding carboxylic acids is 1. The highest BCUT2D eigenvalue weighted by molar-refractivity contribution is 5.99. The monoisotopic (exact) mass is 467 g/mol. The van der Waals surface area contributed by atoms with E-state index in [1.807, 2.05) is 18.2 Å². The Labute approximate surface area is 202 Å². The predicted molar refractivity (Wildman–Crippen MR) is 137 cm³/mol. The molecule has 0 unspecified atom stereocenters. The number of aromatic nitrogens is 4. The van der Waals surface area contributed by atoms with Crippen LogP contribution in [0.4, 0.5) is 23.0 Å². The van der Waals surface area contributed by atoms with Gasteiger partial charge in [-0.1, -0.05) is 6.08 Å². The van der Waals surface area contributed by atoms with Crippen LogP contribution in [0.5, 0.6) is 0 Å². The first-order valence-electron chi connectivity index (χ1n) is 11.4. The molecule has 1 amide bonds. The standard InChI is InChI=1S/C26H25N7O2/c1-2-3-23(34)30-20-9-11-27-22(16-20)25-24-18(8-10-28-25)17-29-26(32-24)31-19-4-6-21(7-5-19)33-12-14-35-15-13-33/h2-11,16-17H,12-15H2,1H3,(H,27,30,34)(H,29,31,32). The van der Waals surface area contributed by atoms with E-state index >= 15 is 0 Å². The van der Waals surface area contributed by atoms with Gasteiger partial charge in [-0.15, -0.1) is 0 Å². The second kappa shape index (κ2) is 10.3. The molecule has 0 saturated carbocycles. The summed E-state index contributed by atoms with van der Waals surface area (Å²) in [5.41, 5.74) is 4.56. The van der Waals surface area contributed by atoms with Gasteiger partial charge in [0, 0.05) is 54.1 Å². The highest BCUT2D eigenvalue weighted by Crippen LogP contribution is 2.27. The van der Waals surface area contributed by atoms with Crippen LogP contribution in [0.3, 0.4) is 0 Å². The Morgan fingerprint density at radius 3 is 2.60 bits per heavy atom. The molecular weight excluding hydrogens is 442 g/mol. The molecule has 1 aliphatic heterocycles. The Kier molecular flexibility index (Phi) is 6.58. The Morgan fingerprint density at radius 1 is 1.00 bits per heavy atom. The molecule has 3 aromatic heterocycles. The summed E-state index contributed by atoms with van der Waals surface area (Å²) in [6.07, 6.45) is 8.25. The largest absolute Gasteiger partial charge is 0.378 e. The Balaban J connectivity index is 1.40. The summed E-state index contributed by atoms with van der Waals surface area (Å²) in [4.78, 5) is 32.4. The molecule has 176 valence electrons. The Morgan fingerprint density at radius 2 is 1.80 bits per heavy atom. The maximum Gasteiger partial charge on any atom is 0.248 e. The minimum absolute atomic E-state index is 0.205. The molecule has 1 aliphatic rings. The van der Waals surface area contributed by atoms with E-state index in [4.69, 9.17) is 9.72 Å². The van der Waals surface area contributed by atoms with Crippen LogP contribution in [0.15, 0.2) is 73.2 Å². The van der Waals surface area contributed by atoms with Crippen molar-refractivity contribution >= 4 is 39.8 Å². The average Bonchev–Trinajstić information content (AvgIpc) is 2.89. The summed E-state index contributed by atoms with van der Waals surface area (Å²) in [5, 5.41) is 6.94. The molecule has 0 aliphatic carbocycles. The van der Waals surface area contributed by atoms with Gasteiger partial charge in [0.1, 0.15) is 11.2 Å². The van der Waals surface area contributed by atoms with Crippen molar-refractivity contribution in [2.45, 2.75) is 6.92 Å². The first-order valence-corrected chi connectivity index (χ1v) is 11.4. The summed E-state index contributed by atoms with van der Waals surface area (Å²) in [6, 6.07) is 13.6. The van der Waals surface area contributed by atoms with E-state index in [0.717, 1.165) is 43.1 Å². The van der Waals surface area contributed by atoms with Crippen molar-refractivity contribution in [1.29, 1.82) is 0 Å². The number of hydrogen-bond acceptors (Lipinski definition) is 8. The van der Waals surface area contributed by atoms with Crippen molar-refractivity contribution in [3.63, 3.8) is 0 Å². The highest BCUT2D eigenvalue weighted by atomic mass is 16.5. The van der Waals surface area contributed by atoms with Crippen LogP contribution in [0.25, 0.3) is 22.3 Å². The maximum atomic E-state index is 11.9. The molecular formula is C26H25N7O2. The molecule has 35 heavy (non-hydrogen) atoms. The van der Waals surface area contributed by atoms with Gasteiger partial charge in [0.15, 0.2) is 0 Å². The van der Waals surface area contributed by atoms with Crippen molar-refractivity contribution in [1.82, 2.24) is 19.9 Å². The third-order valence-electron chi connectivity index (χ3n) is 5.59. The normalized spacial score (nSPS) is 13.8. The number of pyridine rings is 2. The minimum Gasteiger partial charge on any atom is -0.378 e. The van der Waals surface area contributed by atoms with Crippen molar-refractivity contribution in [2.75, 3.05) is 41.8 Å². The maximum absolute atomic E-state index is 11.9. The number of hydrogen-bond donors (Lipinski definition) is 2. The van der Waals surface area contributed by atoms with Crippen LogP contribution in [0, 0.1) is 0 Å². The lowest BCUT2D eigenvalue weighted by Crippen LogP contribution is -2.36. The number of fused-ring (bicyclic) bond motifs is 1. The fraction of sp³-hybridized carbons (Fsp3) is 0.192. The molecule has 4 heterocycles. The smallest absolute Gasteiger partial charge is 0.248 e. The van der Waals surface area contributed by atoms with Crippen molar-refractivity contribution in [3.05, 3.63) is 73.2 Å². The van der Waals surface area contributed by atoms with Gasteiger partial charge >= 0.3 is 0 Å². The number of morpholine rings is 1. The van der Waals surface area contributed by atoms with Crippen LogP contribution >= 0.6 is 0 Å². The van der Waals surface area contributed by atoms with Gasteiger partial charge < -0.3 is 20.3 Å². The van der Waals surface area contributed by atoms with Gasteiger partial charge in [0.25, 0.3) is 0 Å². The molecule has 0 radical (unpaired) electrons. The Hall–Kier alpha value is -4.37. The zero-order valence-corrected chi connectivity index (χ0v) is 19.3. The lowest BCUT2D eigenvalue weighted by molar-refractivity contribution is -0.111. The molecule has 2 N–H and O–H groups in total. The quantitative estimate of drug-likeness (QED) is 0.407. The van der Waals surface area contributed by atoms with Crippen molar-refractivity contribution < 1.29 is 9.53 Å². The molecule has 0 bridgehead atoms. The van der Waals surface area contributed by atoms with Gasteiger partial charge in [0.2, 0.25) is 11.9 Å². The third-order valence-corrected chi connectivity index (χ3v) is 5.59. The van der Waals surface area contributed by atoms with Crippen LogP contribution in [-0.2, 0) is 9.53 Å². The Bertz CT molecular complexity index is 1370. The number of benzene rings is 1. The van der Waals surface area contributed by atoms with Crippen LogP contribution in [0.1, 0.15) is 6.92 Å². The average molecular weight is 468 g/mol. The molecule has 9 heteroatoms. The van der Waals surface area contributed by atoms with E-state index in [-0.39, 0.29) is 5.91 Å². The lowest BCUT2D eigenvalue weighted by atomic mass is 10.1. The summed E-state index contributed by atoms with van der Waals surface area (Å²) < 4.78 is 5.43. The van der Waals surface area contributed by atoms with E-state index in [1.54, 1.807) is 43.7 Å². The number of ether oxygens (including phenoxy) is 1. The zero-order chi connectivity index (χ0) is 24.0. The number of carbonyl (C=O) groups is 1. The number of anilines is 4. The molecule has 0 spiro atoms. The van der Waals surface area contributed by atoms with Gasteiger partial charge in [0.05, 0.1) is 18.9 Å². The van der Waals surface area contributed by atoms with Crippen LogP contribution < -0.4 is 15.5 Å². The molecule has 1 aromatic carbocycles. The first kappa shape index (κ1) is 22.4. The van der Waals surface area contributed by atoms with E-state index < -0.39 is 0 Å². The summed E-state index contributed by atoms with van der Waals surface area (Å²) >= 11 is 0. The lowest BCUT2D eigenvalue weighted by Gasteiger charge is -2.28. The minimum atomic E-state index is -0.205. The fourth-order valence-electron chi connectivity index (χ4n) is 3.88. The first-order chi connectivity index (χ1) is 17.2. The van der Waals surface area contributed by atoms with Crippen LogP contribution in [-0.4, -0.2) is 52.1 Å². The number of rotatable bonds is 6. The predicted octanol–water partition coefficient (Wildman–Crippen LogP) is 4.18. The third kappa shape index (κ3) is 5.25. The number of nitrogens with zero attached hydrogens (tertiary/aromatic N) is 5. The molecule has 9 nitrogen and oxygen atoms in total. The highest BCUT2D eigenvalue weighted by Gasteiger charge is 2.13. The van der Waals surface area contributed by atoms with E-state index in [1.165, 1.54) is 6.08 Å². The van der Waals surface area contributed by atoms with E-state index in [2.05, 4.69) is 42.6 Å².